The maximum Gasteiger partial charge on any atom is 0.268 e. The highest BCUT2D eigenvalue weighted by Gasteiger charge is 2.33. The van der Waals surface area contributed by atoms with Crippen molar-refractivity contribution in [2.45, 2.75) is 59.0 Å². The van der Waals surface area contributed by atoms with Crippen molar-refractivity contribution in [3.63, 3.8) is 0 Å². The second-order valence-corrected chi connectivity index (χ2v) is 10.6. The van der Waals surface area contributed by atoms with Gasteiger partial charge < -0.3 is 10.1 Å². The first-order valence-electron chi connectivity index (χ1n) is 11.6. The molecule has 4 rings (SSSR count). The lowest BCUT2D eigenvalue weighted by atomic mass is 9.87. The Morgan fingerprint density at radius 1 is 1.18 bits per heavy atom. The van der Waals surface area contributed by atoms with Crippen LogP contribution in [-0.2, 0) is 21.4 Å². The van der Waals surface area contributed by atoms with Crippen LogP contribution in [0.5, 0.6) is 5.75 Å². The van der Waals surface area contributed by atoms with Gasteiger partial charge in [-0.15, -0.1) is 11.3 Å². The third kappa shape index (κ3) is 5.14. The van der Waals surface area contributed by atoms with E-state index in [-0.39, 0.29) is 23.8 Å². The van der Waals surface area contributed by atoms with Crippen LogP contribution in [0, 0.1) is 0 Å². The maximum atomic E-state index is 13.0. The SMILES string of the molecule is CCCc1nc(-c2ccc3c(c2)N(CC(=O)Nc2ccc(C(C)(C)C)cc2)C(=O)C(C)O3)cs1. The van der Waals surface area contributed by atoms with Crippen molar-refractivity contribution in [3.8, 4) is 17.0 Å². The number of aryl methyl sites for hydroxylation is 1. The van der Waals surface area contributed by atoms with Gasteiger partial charge in [-0.05, 0) is 61.1 Å². The zero-order chi connectivity index (χ0) is 24.5. The largest absolute Gasteiger partial charge is 0.479 e. The summed E-state index contributed by atoms with van der Waals surface area (Å²) in [5.74, 6) is 0.0798. The zero-order valence-corrected chi connectivity index (χ0v) is 21.2. The Bertz CT molecular complexity index is 1190. The smallest absolute Gasteiger partial charge is 0.268 e. The molecule has 1 aliphatic heterocycles. The lowest BCUT2D eigenvalue weighted by Gasteiger charge is -2.32. The number of carbonyl (C=O) groups excluding carboxylic acids is 2. The zero-order valence-electron chi connectivity index (χ0n) is 20.3. The summed E-state index contributed by atoms with van der Waals surface area (Å²) in [6.45, 7) is 10.2. The molecule has 1 aliphatic rings. The number of anilines is 2. The van der Waals surface area contributed by atoms with Crippen molar-refractivity contribution in [3.05, 3.63) is 58.4 Å². The van der Waals surface area contributed by atoms with Gasteiger partial charge in [-0.3, -0.25) is 14.5 Å². The van der Waals surface area contributed by atoms with Gasteiger partial charge in [-0.25, -0.2) is 4.98 Å². The van der Waals surface area contributed by atoms with Crippen molar-refractivity contribution >= 4 is 34.5 Å². The number of ether oxygens (including phenoxy) is 1. The third-order valence-electron chi connectivity index (χ3n) is 5.82. The first kappa shape index (κ1) is 24.0. The normalized spacial score (nSPS) is 15.6. The predicted molar refractivity (Wildman–Crippen MR) is 138 cm³/mol. The molecule has 0 saturated heterocycles. The van der Waals surface area contributed by atoms with Crippen LogP contribution >= 0.6 is 11.3 Å². The third-order valence-corrected chi connectivity index (χ3v) is 6.72. The Labute approximate surface area is 205 Å². The molecule has 1 atom stereocenters. The van der Waals surface area contributed by atoms with Crippen LogP contribution in [0.2, 0.25) is 0 Å². The molecule has 2 heterocycles. The van der Waals surface area contributed by atoms with E-state index < -0.39 is 6.10 Å². The molecule has 7 heteroatoms. The van der Waals surface area contributed by atoms with Gasteiger partial charge in [0.2, 0.25) is 5.91 Å². The minimum absolute atomic E-state index is 0.0366. The lowest BCUT2D eigenvalue weighted by molar-refractivity contribution is -0.127. The van der Waals surface area contributed by atoms with Gasteiger partial charge in [-0.2, -0.15) is 0 Å². The molecular formula is C27H31N3O3S. The van der Waals surface area contributed by atoms with Crippen molar-refractivity contribution < 1.29 is 14.3 Å². The van der Waals surface area contributed by atoms with Gasteiger partial charge in [0, 0.05) is 16.6 Å². The molecule has 34 heavy (non-hydrogen) atoms. The van der Waals surface area contributed by atoms with E-state index in [0.29, 0.717) is 17.1 Å². The van der Waals surface area contributed by atoms with Gasteiger partial charge in [-0.1, -0.05) is 39.8 Å². The second-order valence-electron chi connectivity index (χ2n) is 9.62. The molecule has 3 aromatic rings. The fourth-order valence-corrected chi connectivity index (χ4v) is 4.81. The highest BCUT2D eigenvalue weighted by atomic mass is 32.1. The Morgan fingerprint density at radius 2 is 1.91 bits per heavy atom. The van der Waals surface area contributed by atoms with E-state index >= 15 is 0 Å². The minimum Gasteiger partial charge on any atom is -0.479 e. The number of nitrogens with zero attached hydrogens (tertiary/aromatic N) is 2. The molecule has 6 nitrogen and oxygen atoms in total. The monoisotopic (exact) mass is 477 g/mol. The van der Waals surface area contributed by atoms with E-state index in [1.54, 1.807) is 18.3 Å². The van der Waals surface area contributed by atoms with Crippen LogP contribution < -0.4 is 15.0 Å². The topological polar surface area (TPSA) is 71.5 Å². The van der Waals surface area contributed by atoms with Gasteiger partial charge >= 0.3 is 0 Å². The number of hydrogen-bond acceptors (Lipinski definition) is 5. The first-order chi connectivity index (χ1) is 16.2. The van der Waals surface area contributed by atoms with Gasteiger partial charge in [0.05, 0.1) is 16.4 Å². The van der Waals surface area contributed by atoms with Crippen molar-refractivity contribution in [1.82, 2.24) is 4.98 Å². The Balaban J connectivity index is 1.55. The highest BCUT2D eigenvalue weighted by molar-refractivity contribution is 7.09. The highest BCUT2D eigenvalue weighted by Crippen LogP contribution is 2.38. The number of amides is 2. The molecule has 1 N–H and O–H groups in total. The lowest BCUT2D eigenvalue weighted by Crippen LogP contribution is -2.47. The molecule has 0 saturated carbocycles. The fourth-order valence-electron chi connectivity index (χ4n) is 3.90. The summed E-state index contributed by atoms with van der Waals surface area (Å²) in [6, 6.07) is 13.5. The van der Waals surface area contributed by atoms with Crippen molar-refractivity contribution in [1.29, 1.82) is 0 Å². The summed E-state index contributed by atoms with van der Waals surface area (Å²) in [4.78, 5) is 32.1. The number of benzene rings is 2. The number of carbonyl (C=O) groups is 2. The predicted octanol–water partition coefficient (Wildman–Crippen LogP) is 5.81. The van der Waals surface area contributed by atoms with Gasteiger partial charge in [0.25, 0.3) is 5.91 Å². The summed E-state index contributed by atoms with van der Waals surface area (Å²) in [6.07, 6.45) is 1.32. The van der Waals surface area contributed by atoms with Crippen LogP contribution in [0.3, 0.4) is 0 Å². The van der Waals surface area contributed by atoms with Gasteiger partial charge in [0.1, 0.15) is 12.3 Å². The average Bonchev–Trinajstić information content (AvgIpc) is 3.25. The molecule has 0 bridgehead atoms. The molecule has 0 radical (unpaired) electrons. The molecule has 2 aromatic carbocycles. The van der Waals surface area contributed by atoms with E-state index in [1.807, 2.05) is 47.8 Å². The summed E-state index contributed by atoms with van der Waals surface area (Å²) in [5, 5.41) is 6.03. The number of nitrogens with one attached hydrogen (secondary N) is 1. The quantitative estimate of drug-likeness (QED) is 0.486. The Morgan fingerprint density at radius 3 is 2.59 bits per heavy atom. The minimum atomic E-state index is -0.660. The maximum absolute atomic E-state index is 13.0. The summed E-state index contributed by atoms with van der Waals surface area (Å²) < 4.78 is 5.81. The standard InChI is InChI=1S/C27H31N3O3S/c1-6-7-25-29-21(16-34-25)18-8-13-23-22(14-18)30(26(32)17(2)33-23)15-24(31)28-20-11-9-19(10-12-20)27(3,4)5/h8-14,16-17H,6-7,15H2,1-5H3,(H,28,31). The van der Waals surface area contributed by atoms with Crippen molar-refractivity contribution in [2.24, 2.45) is 0 Å². The molecule has 178 valence electrons. The number of rotatable bonds is 6. The van der Waals surface area contributed by atoms with Gasteiger partial charge in [0.15, 0.2) is 6.10 Å². The molecule has 0 spiro atoms. The van der Waals surface area contributed by atoms with E-state index in [0.717, 1.165) is 29.1 Å². The van der Waals surface area contributed by atoms with Crippen LogP contribution in [0.15, 0.2) is 47.8 Å². The van der Waals surface area contributed by atoms with Crippen LogP contribution in [-0.4, -0.2) is 29.4 Å². The van der Waals surface area contributed by atoms with E-state index in [4.69, 9.17) is 9.72 Å². The molecule has 1 unspecified atom stereocenters. The molecule has 0 aliphatic carbocycles. The molecule has 0 fully saturated rings. The first-order valence-corrected chi connectivity index (χ1v) is 12.5. The van der Waals surface area contributed by atoms with Crippen LogP contribution in [0.4, 0.5) is 11.4 Å². The fraction of sp³-hybridized carbons (Fsp3) is 0.370. The Kier molecular flexibility index (Phi) is 6.75. The molecule has 2 amide bonds. The number of aromatic nitrogens is 1. The summed E-state index contributed by atoms with van der Waals surface area (Å²) in [7, 11) is 0. The Hall–Kier alpha value is -3.19. The number of fused-ring (bicyclic) bond motifs is 1. The van der Waals surface area contributed by atoms with E-state index in [1.165, 1.54) is 10.5 Å². The van der Waals surface area contributed by atoms with Crippen LogP contribution in [0.1, 0.15) is 51.6 Å². The molecule has 1 aromatic heterocycles. The summed E-state index contributed by atoms with van der Waals surface area (Å²) in [5.41, 5.74) is 4.27. The number of hydrogen-bond donors (Lipinski definition) is 1. The average molecular weight is 478 g/mol. The van der Waals surface area contributed by atoms with Crippen LogP contribution in [0.25, 0.3) is 11.3 Å². The van der Waals surface area contributed by atoms with E-state index in [9.17, 15) is 9.59 Å². The summed E-state index contributed by atoms with van der Waals surface area (Å²) >= 11 is 1.64. The van der Waals surface area contributed by atoms with E-state index in [2.05, 4.69) is 33.0 Å². The molecular weight excluding hydrogens is 446 g/mol. The second kappa shape index (κ2) is 9.58. The number of thiazole rings is 1. The van der Waals surface area contributed by atoms with Crippen molar-refractivity contribution in [2.75, 3.05) is 16.8 Å².